The van der Waals surface area contributed by atoms with E-state index in [1.807, 2.05) is 11.8 Å². The molecule has 1 spiro atoms. The van der Waals surface area contributed by atoms with Gasteiger partial charge in [-0.3, -0.25) is 4.99 Å². The van der Waals surface area contributed by atoms with Gasteiger partial charge in [0.1, 0.15) is 0 Å². The standard InChI is InChI=1S/C17H25N3S/c1-13-8-10-17(11-9-13)12-21-16(19-17)18-14-4-6-15(7-5-14)20(2)3/h4-7,13H,8-12H2,1-3H3,(H,18,19). The molecule has 114 valence electrons. The second kappa shape index (κ2) is 5.91. The highest BCUT2D eigenvalue weighted by molar-refractivity contribution is 8.14. The fraction of sp³-hybridized carbons (Fsp3) is 0.588. The van der Waals surface area contributed by atoms with Crippen molar-refractivity contribution >= 4 is 28.3 Å². The van der Waals surface area contributed by atoms with Crippen LogP contribution in [0.2, 0.25) is 0 Å². The Morgan fingerprint density at radius 2 is 1.86 bits per heavy atom. The van der Waals surface area contributed by atoms with Gasteiger partial charge in [0.15, 0.2) is 5.17 Å². The molecule has 3 rings (SSSR count). The molecule has 3 nitrogen and oxygen atoms in total. The van der Waals surface area contributed by atoms with Crippen molar-refractivity contribution in [1.29, 1.82) is 0 Å². The summed E-state index contributed by atoms with van der Waals surface area (Å²) in [4.78, 5) is 7.14. The molecule has 1 N–H and O–H groups in total. The van der Waals surface area contributed by atoms with Crippen molar-refractivity contribution in [3.8, 4) is 0 Å². The number of amidine groups is 1. The zero-order valence-electron chi connectivity index (χ0n) is 13.2. The van der Waals surface area contributed by atoms with Gasteiger partial charge in [-0.15, -0.1) is 0 Å². The van der Waals surface area contributed by atoms with Crippen molar-refractivity contribution in [1.82, 2.24) is 0 Å². The van der Waals surface area contributed by atoms with E-state index in [0.29, 0.717) is 0 Å². The number of anilines is 2. The lowest BCUT2D eigenvalue weighted by atomic mass is 9.79. The first-order valence-electron chi connectivity index (χ1n) is 7.83. The van der Waals surface area contributed by atoms with E-state index in [-0.39, 0.29) is 5.54 Å². The predicted octanol–water partition coefficient (Wildman–Crippen LogP) is 4.22. The molecule has 1 aromatic carbocycles. The number of nitrogens with zero attached hydrogens (tertiary/aromatic N) is 2. The first-order chi connectivity index (χ1) is 10.1. The summed E-state index contributed by atoms with van der Waals surface area (Å²) in [7, 11) is 4.13. The van der Waals surface area contributed by atoms with E-state index >= 15 is 0 Å². The highest BCUT2D eigenvalue weighted by atomic mass is 32.2. The minimum Gasteiger partial charge on any atom is -0.378 e. The molecule has 1 aromatic rings. The number of benzene rings is 1. The molecule has 4 heteroatoms. The Hall–Kier alpha value is -1.16. The highest BCUT2D eigenvalue weighted by Crippen LogP contribution is 2.41. The van der Waals surface area contributed by atoms with Crippen LogP contribution >= 0.6 is 11.8 Å². The van der Waals surface area contributed by atoms with Crippen LogP contribution in [0.25, 0.3) is 0 Å². The second-order valence-corrected chi connectivity index (χ2v) is 7.64. The van der Waals surface area contributed by atoms with Crippen LogP contribution in [0.4, 0.5) is 11.4 Å². The summed E-state index contributed by atoms with van der Waals surface area (Å²) in [6, 6.07) is 8.54. The molecule has 0 saturated heterocycles. The molecular formula is C17H25N3S. The van der Waals surface area contributed by atoms with E-state index < -0.39 is 0 Å². The average molecular weight is 303 g/mol. The summed E-state index contributed by atoms with van der Waals surface area (Å²) in [6.45, 7) is 2.37. The molecule has 0 unspecified atom stereocenters. The number of thioether (sulfide) groups is 1. The van der Waals surface area contributed by atoms with Crippen molar-refractivity contribution in [3.05, 3.63) is 24.3 Å². The Morgan fingerprint density at radius 1 is 1.19 bits per heavy atom. The summed E-state index contributed by atoms with van der Waals surface area (Å²) in [5.41, 5.74) is 2.58. The van der Waals surface area contributed by atoms with Gasteiger partial charge < -0.3 is 10.2 Å². The lowest BCUT2D eigenvalue weighted by Crippen LogP contribution is -2.32. The Morgan fingerprint density at radius 3 is 2.48 bits per heavy atom. The maximum Gasteiger partial charge on any atom is 0.161 e. The quantitative estimate of drug-likeness (QED) is 0.886. The van der Waals surface area contributed by atoms with Crippen LogP contribution in [-0.4, -0.2) is 30.6 Å². The zero-order chi connectivity index (χ0) is 14.9. The first-order valence-corrected chi connectivity index (χ1v) is 8.82. The fourth-order valence-electron chi connectivity index (χ4n) is 3.07. The minimum absolute atomic E-state index is 0.225. The third kappa shape index (κ3) is 3.37. The van der Waals surface area contributed by atoms with Gasteiger partial charge in [0, 0.05) is 31.2 Å². The molecule has 21 heavy (non-hydrogen) atoms. The molecule has 0 amide bonds. The Kier molecular flexibility index (Phi) is 4.16. The van der Waals surface area contributed by atoms with E-state index in [2.05, 4.69) is 55.5 Å². The van der Waals surface area contributed by atoms with E-state index in [4.69, 9.17) is 4.99 Å². The SMILES string of the molecule is CC1CCC2(CC1)CSC(Nc1ccc(N(C)C)cc1)=N2. The summed E-state index contributed by atoms with van der Waals surface area (Å²) in [5, 5.41) is 4.58. The van der Waals surface area contributed by atoms with Gasteiger partial charge in [0.2, 0.25) is 0 Å². The number of hydrogen-bond acceptors (Lipinski definition) is 4. The average Bonchev–Trinajstić information content (AvgIpc) is 2.86. The molecule has 2 aliphatic rings. The summed E-state index contributed by atoms with van der Waals surface area (Å²) < 4.78 is 0. The van der Waals surface area contributed by atoms with Crippen LogP contribution in [0, 0.1) is 5.92 Å². The molecule has 1 heterocycles. The van der Waals surface area contributed by atoms with Crippen LogP contribution < -0.4 is 10.2 Å². The largest absolute Gasteiger partial charge is 0.378 e. The predicted molar refractivity (Wildman–Crippen MR) is 94.6 cm³/mol. The third-order valence-electron chi connectivity index (χ3n) is 4.66. The van der Waals surface area contributed by atoms with Crippen LogP contribution in [0.1, 0.15) is 32.6 Å². The monoisotopic (exact) mass is 303 g/mol. The minimum atomic E-state index is 0.225. The smallest absolute Gasteiger partial charge is 0.161 e. The molecule has 1 aliphatic carbocycles. The number of nitrogens with one attached hydrogen (secondary N) is 1. The summed E-state index contributed by atoms with van der Waals surface area (Å²) in [5.74, 6) is 2.03. The van der Waals surface area contributed by atoms with Gasteiger partial charge >= 0.3 is 0 Å². The van der Waals surface area contributed by atoms with Crippen LogP contribution in [0.15, 0.2) is 29.3 Å². The normalized spacial score (nSPS) is 28.5. The molecule has 0 aromatic heterocycles. The van der Waals surface area contributed by atoms with Crippen LogP contribution in [0.5, 0.6) is 0 Å². The van der Waals surface area contributed by atoms with Gasteiger partial charge in [0.05, 0.1) is 5.54 Å². The third-order valence-corrected chi connectivity index (χ3v) is 5.80. The zero-order valence-corrected chi connectivity index (χ0v) is 14.0. The number of hydrogen-bond donors (Lipinski definition) is 1. The van der Waals surface area contributed by atoms with E-state index in [9.17, 15) is 0 Å². The van der Waals surface area contributed by atoms with E-state index in [1.54, 1.807) is 0 Å². The first kappa shape index (κ1) is 14.8. The summed E-state index contributed by atoms with van der Waals surface area (Å²) in [6.07, 6.45) is 5.17. The maximum atomic E-state index is 5.02. The van der Waals surface area contributed by atoms with Crippen molar-refractivity contribution in [2.75, 3.05) is 30.1 Å². The van der Waals surface area contributed by atoms with Gasteiger partial charge in [-0.1, -0.05) is 18.7 Å². The number of rotatable bonds is 2. The molecule has 0 radical (unpaired) electrons. The van der Waals surface area contributed by atoms with Crippen molar-refractivity contribution in [2.45, 2.75) is 38.1 Å². The molecule has 0 bridgehead atoms. The Bertz CT molecular complexity index is 513. The molecule has 1 fully saturated rings. The van der Waals surface area contributed by atoms with Crippen molar-refractivity contribution in [3.63, 3.8) is 0 Å². The van der Waals surface area contributed by atoms with Crippen molar-refractivity contribution in [2.24, 2.45) is 10.9 Å². The maximum absolute atomic E-state index is 5.02. The van der Waals surface area contributed by atoms with Crippen molar-refractivity contribution < 1.29 is 0 Å². The molecular weight excluding hydrogens is 278 g/mol. The second-order valence-electron chi connectivity index (χ2n) is 6.68. The van der Waals surface area contributed by atoms with Gasteiger partial charge in [0.25, 0.3) is 0 Å². The fourth-order valence-corrected chi connectivity index (χ4v) is 4.28. The van der Waals surface area contributed by atoms with Crippen LogP contribution in [0.3, 0.4) is 0 Å². The summed E-state index contributed by atoms with van der Waals surface area (Å²) >= 11 is 1.88. The van der Waals surface area contributed by atoms with Gasteiger partial charge in [-0.2, -0.15) is 0 Å². The Labute approximate surface area is 132 Å². The lowest BCUT2D eigenvalue weighted by Gasteiger charge is -2.32. The van der Waals surface area contributed by atoms with Gasteiger partial charge in [-0.25, -0.2) is 0 Å². The van der Waals surface area contributed by atoms with E-state index in [0.717, 1.165) is 22.5 Å². The van der Waals surface area contributed by atoms with Crippen LogP contribution in [-0.2, 0) is 0 Å². The molecule has 1 saturated carbocycles. The lowest BCUT2D eigenvalue weighted by molar-refractivity contribution is 0.273. The number of aliphatic imine (C=N–C) groups is 1. The molecule has 0 atom stereocenters. The Balaban J connectivity index is 1.65. The van der Waals surface area contributed by atoms with E-state index in [1.165, 1.54) is 31.4 Å². The highest BCUT2D eigenvalue weighted by Gasteiger charge is 2.38. The van der Waals surface area contributed by atoms with Gasteiger partial charge in [-0.05, 0) is 55.9 Å². The molecule has 1 aliphatic heterocycles. The topological polar surface area (TPSA) is 27.6 Å².